The summed E-state index contributed by atoms with van der Waals surface area (Å²) in [5.41, 5.74) is 5.19. The Hall–Kier alpha value is -3.71. The fraction of sp³-hybridized carbons (Fsp3) is 0.381. The molecule has 8 heteroatoms. The number of nitrogens with zero attached hydrogens (tertiary/aromatic N) is 4. The van der Waals surface area contributed by atoms with Gasteiger partial charge in [0, 0.05) is 72.6 Å². The van der Waals surface area contributed by atoms with Crippen molar-refractivity contribution in [1.82, 2.24) is 19.4 Å². The van der Waals surface area contributed by atoms with Gasteiger partial charge in [0.15, 0.2) is 5.78 Å². The number of ketones is 1. The van der Waals surface area contributed by atoms with Crippen molar-refractivity contribution in [3.05, 3.63) is 90.6 Å². The number of aliphatic hydroxyl groups excluding tert-OH is 1. The maximum Gasteiger partial charge on any atom is 0.234 e. The molecule has 0 spiro atoms. The van der Waals surface area contributed by atoms with Crippen molar-refractivity contribution in [1.29, 1.82) is 0 Å². The molecule has 0 unspecified atom stereocenters. The van der Waals surface area contributed by atoms with E-state index in [0.29, 0.717) is 22.7 Å². The van der Waals surface area contributed by atoms with Gasteiger partial charge in [0.25, 0.3) is 0 Å². The van der Waals surface area contributed by atoms with Gasteiger partial charge in [0.1, 0.15) is 5.76 Å². The number of imidazole rings is 1. The average Bonchev–Trinajstić information content (AvgIpc) is 3.51. The van der Waals surface area contributed by atoms with Crippen LogP contribution in [0.3, 0.4) is 0 Å². The number of aromatic nitrogens is 4. The SMILES string of the molecule is CC(C)[Si](C)(C)c1cc(-c2cc3c(ccc4c3nc3ncccn34)cn2)[c-]c2ccccc12.CCC(CC)C(=O)/C(C)=C(\O)C(CC)CC.[Ir]. The molecule has 6 aromatic rings. The van der Waals surface area contributed by atoms with Crippen molar-refractivity contribution >= 4 is 57.4 Å². The summed E-state index contributed by atoms with van der Waals surface area (Å²) in [5.74, 6) is 1.34. The minimum atomic E-state index is -1.68. The third-order valence-electron chi connectivity index (χ3n) is 10.7. The molecule has 0 aliphatic carbocycles. The standard InChI is InChI=1S/C28H25N4Si.C14H26O2.Ir/c1-18(2)33(3,4)26-15-21(14-19-8-5-6-9-22(19)26)24-16-23-20(17-30-24)10-11-25-27(23)31-28-29-12-7-13-32(25)28;1-6-11(7-2)13(15)10(5)14(16)12(8-3)9-4;/h5-13,15-18H,1-4H3;11-12,15H,6-9H2,1-5H3;/q-1;;/b;13-10-;. The molecule has 1 radical (unpaired) electrons. The van der Waals surface area contributed by atoms with Crippen LogP contribution in [-0.4, -0.2) is 38.3 Å². The first-order valence-corrected chi connectivity index (χ1v) is 21.0. The Labute approximate surface area is 311 Å². The fourth-order valence-electron chi connectivity index (χ4n) is 6.67. The molecule has 0 aliphatic heterocycles. The Morgan fingerprint density at radius 2 is 1.58 bits per heavy atom. The maximum absolute atomic E-state index is 12.1. The minimum Gasteiger partial charge on any atom is -0.512 e. The van der Waals surface area contributed by atoms with Crippen LogP contribution in [0, 0.1) is 17.9 Å². The molecule has 0 amide bonds. The third-order valence-corrected chi connectivity index (χ3v) is 15.4. The third kappa shape index (κ3) is 7.63. The predicted molar refractivity (Wildman–Crippen MR) is 208 cm³/mol. The Balaban J connectivity index is 0.000000284. The molecule has 3 aromatic carbocycles. The van der Waals surface area contributed by atoms with Crippen LogP contribution in [0.4, 0.5) is 0 Å². The maximum atomic E-state index is 12.1. The number of rotatable bonds is 10. The molecule has 0 fully saturated rings. The monoisotopic (exact) mass is 864 g/mol. The summed E-state index contributed by atoms with van der Waals surface area (Å²) in [6, 6.07) is 22.9. The van der Waals surface area contributed by atoms with Crippen LogP contribution in [0.25, 0.3) is 49.6 Å². The molecule has 3 heterocycles. The van der Waals surface area contributed by atoms with Gasteiger partial charge in [-0.05, 0) is 50.3 Å². The van der Waals surface area contributed by atoms with E-state index in [4.69, 9.17) is 9.97 Å². The summed E-state index contributed by atoms with van der Waals surface area (Å²) in [5, 5.41) is 16.2. The number of pyridine rings is 1. The first-order valence-electron chi connectivity index (χ1n) is 17.9. The van der Waals surface area contributed by atoms with Gasteiger partial charge in [-0.1, -0.05) is 95.9 Å². The van der Waals surface area contributed by atoms with Crippen molar-refractivity contribution in [2.75, 3.05) is 0 Å². The Morgan fingerprint density at radius 1 is 0.900 bits per heavy atom. The smallest absolute Gasteiger partial charge is 0.234 e. The van der Waals surface area contributed by atoms with Gasteiger partial charge in [-0.15, -0.1) is 28.8 Å². The summed E-state index contributed by atoms with van der Waals surface area (Å²) < 4.78 is 2.03. The summed E-state index contributed by atoms with van der Waals surface area (Å²) >= 11 is 0. The number of carbonyl (C=O) groups excluding carboxylic acids is 1. The van der Waals surface area contributed by atoms with Gasteiger partial charge in [-0.3, -0.25) is 14.2 Å². The second-order valence-corrected chi connectivity index (χ2v) is 19.2. The van der Waals surface area contributed by atoms with Crippen molar-refractivity contribution in [3.8, 4) is 11.3 Å². The van der Waals surface area contributed by atoms with E-state index >= 15 is 0 Å². The molecular weight excluding hydrogens is 813 g/mol. The van der Waals surface area contributed by atoms with Gasteiger partial charge in [-0.25, -0.2) is 9.97 Å². The van der Waals surface area contributed by atoms with Crippen LogP contribution in [0.5, 0.6) is 0 Å². The van der Waals surface area contributed by atoms with Crippen molar-refractivity contribution < 1.29 is 30.0 Å². The van der Waals surface area contributed by atoms with Crippen LogP contribution in [-0.2, 0) is 24.9 Å². The Kier molecular flexibility index (Phi) is 12.9. The molecule has 0 atom stereocenters. The number of allylic oxidation sites excluding steroid dienone is 2. The molecule has 0 saturated carbocycles. The van der Waals surface area contributed by atoms with Crippen molar-refractivity contribution in [3.63, 3.8) is 0 Å². The summed E-state index contributed by atoms with van der Waals surface area (Å²) in [6.07, 6.45) is 9.21. The quantitative estimate of drug-likeness (QED) is 0.0642. The molecular formula is C42H51IrN4O2Si-. The van der Waals surface area contributed by atoms with Gasteiger partial charge in [0.2, 0.25) is 5.78 Å². The molecule has 6 rings (SSSR count). The van der Waals surface area contributed by atoms with Gasteiger partial charge < -0.3 is 5.11 Å². The van der Waals surface area contributed by atoms with E-state index in [1.165, 1.54) is 10.6 Å². The average molecular weight is 864 g/mol. The number of hydrogen-bond donors (Lipinski definition) is 1. The molecule has 1 N–H and O–H groups in total. The van der Waals surface area contributed by atoms with Crippen molar-refractivity contribution in [2.45, 2.75) is 92.8 Å². The summed E-state index contributed by atoms with van der Waals surface area (Å²) in [7, 11) is -1.68. The van der Waals surface area contributed by atoms with E-state index in [1.54, 1.807) is 13.1 Å². The zero-order valence-electron chi connectivity index (χ0n) is 31.0. The van der Waals surface area contributed by atoms with Crippen LogP contribution in [0.1, 0.15) is 74.1 Å². The summed E-state index contributed by atoms with van der Waals surface area (Å²) in [4.78, 5) is 26.2. The molecule has 265 valence electrons. The van der Waals surface area contributed by atoms with E-state index < -0.39 is 8.07 Å². The van der Waals surface area contributed by atoms with Gasteiger partial charge in [-0.2, -0.15) is 0 Å². The van der Waals surface area contributed by atoms with Crippen LogP contribution in [0.15, 0.2) is 84.5 Å². The molecule has 0 aliphatic rings. The molecule has 6 nitrogen and oxygen atoms in total. The number of Topliss-reactive ketones (excluding diaryl/α,β-unsaturated/α-hetero) is 1. The van der Waals surface area contributed by atoms with Crippen LogP contribution < -0.4 is 5.19 Å². The minimum absolute atomic E-state index is 0. The van der Waals surface area contributed by atoms with Crippen LogP contribution in [0.2, 0.25) is 18.6 Å². The number of fused-ring (bicyclic) bond motifs is 6. The van der Waals surface area contributed by atoms with E-state index in [1.807, 2.05) is 50.6 Å². The Bertz CT molecular complexity index is 2140. The normalized spacial score (nSPS) is 12.5. The molecule has 50 heavy (non-hydrogen) atoms. The predicted octanol–water partition coefficient (Wildman–Crippen LogP) is 10.6. The number of carbonyl (C=O) groups is 1. The van der Waals surface area contributed by atoms with Crippen molar-refractivity contribution in [2.24, 2.45) is 11.8 Å². The molecule has 3 aromatic heterocycles. The van der Waals surface area contributed by atoms with Crippen LogP contribution >= 0.6 is 0 Å². The van der Waals surface area contributed by atoms with E-state index in [0.717, 1.165) is 64.1 Å². The first kappa shape index (κ1) is 39.1. The van der Waals surface area contributed by atoms with Gasteiger partial charge in [0.05, 0.1) is 19.1 Å². The van der Waals surface area contributed by atoms with Gasteiger partial charge >= 0.3 is 0 Å². The number of hydrogen-bond acceptors (Lipinski definition) is 5. The zero-order chi connectivity index (χ0) is 35.5. The second-order valence-electron chi connectivity index (χ2n) is 14.0. The van der Waals surface area contributed by atoms with E-state index in [9.17, 15) is 9.90 Å². The summed E-state index contributed by atoms with van der Waals surface area (Å²) in [6.45, 7) is 19.5. The first-order chi connectivity index (χ1) is 23.5. The number of benzene rings is 3. The zero-order valence-corrected chi connectivity index (χ0v) is 34.4. The van der Waals surface area contributed by atoms with E-state index in [-0.39, 0.29) is 37.7 Å². The molecule has 0 saturated heterocycles. The Morgan fingerprint density at radius 3 is 2.24 bits per heavy atom. The largest absolute Gasteiger partial charge is 0.512 e. The fourth-order valence-corrected chi connectivity index (χ4v) is 8.72. The topological polar surface area (TPSA) is 80.4 Å². The molecule has 0 bridgehead atoms. The second kappa shape index (κ2) is 16.5. The number of aliphatic hydroxyl groups is 1. The van der Waals surface area contributed by atoms with E-state index in [2.05, 4.69) is 86.5 Å².